The van der Waals surface area contributed by atoms with E-state index >= 15 is 0 Å². The predicted octanol–water partition coefficient (Wildman–Crippen LogP) is 5.07. The molecule has 4 rings (SSSR count). The van der Waals surface area contributed by atoms with Gasteiger partial charge < -0.3 is 4.74 Å². The quantitative estimate of drug-likeness (QED) is 0.680. The second kappa shape index (κ2) is 6.02. The van der Waals surface area contributed by atoms with E-state index < -0.39 is 0 Å². The van der Waals surface area contributed by atoms with Gasteiger partial charge in [-0.25, -0.2) is 0 Å². The number of carbonyl (C=O) groups is 1. The average molecular weight is 316 g/mol. The van der Waals surface area contributed by atoms with Gasteiger partial charge in [0, 0.05) is 19.4 Å². The number of allylic oxidation sites excluding steroid dienone is 2. The fourth-order valence-corrected chi connectivity index (χ4v) is 6.54. The molecule has 0 aromatic carbocycles. The van der Waals surface area contributed by atoms with Crippen molar-refractivity contribution in [2.75, 3.05) is 6.61 Å². The molecule has 0 bridgehead atoms. The summed E-state index contributed by atoms with van der Waals surface area (Å²) in [7, 11) is 0. The maximum Gasteiger partial charge on any atom is 0.137 e. The number of Topliss-reactive ketones (excluding diaryl/α,β-unsaturated/α-hetero) is 1. The summed E-state index contributed by atoms with van der Waals surface area (Å²) in [5.41, 5.74) is 3.68. The van der Waals surface area contributed by atoms with Gasteiger partial charge in [-0.15, -0.1) is 0 Å². The highest BCUT2D eigenvalue weighted by molar-refractivity contribution is 5.82. The second-order valence-electron chi connectivity index (χ2n) is 8.74. The van der Waals surface area contributed by atoms with Crippen LogP contribution in [0.2, 0.25) is 0 Å². The third kappa shape index (κ3) is 2.52. The van der Waals surface area contributed by atoms with Gasteiger partial charge in [0.15, 0.2) is 0 Å². The predicted molar refractivity (Wildman–Crippen MR) is 92.2 cm³/mol. The SMILES string of the molecule is CCCO[C@H]1CC[C@H]2[C@H]3CCC4=C(CCC(=O)C4)[C@H]3CC[C@]12C. The lowest BCUT2D eigenvalue weighted by molar-refractivity contribution is -0.119. The molecule has 2 fully saturated rings. The van der Waals surface area contributed by atoms with E-state index in [1.54, 1.807) is 11.1 Å². The van der Waals surface area contributed by atoms with Gasteiger partial charge >= 0.3 is 0 Å². The molecule has 0 spiro atoms. The van der Waals surface area contributed by atoms with Gasteiger partial charge in [0.25, 0.3) is 0 Å². The van der Waals surface area contributed by atoms with E-state index in [0.29, 0.717) is 17.3 Å². The first kappa shape index (κ1) is 15.9. The zero-order chi connectivity index (χ0) is 16.0. The van der Waals surface area contributed by atoms with E-state index in [4.69, 9.17) is 4.74 Å². The highest BCUT2D eigenvalue weighted by Gasteiger charge is 2.55. The summed E-state index contributed by atoms with van der Waals surface area (Å²) >= 11 is 0. The van der Waals surface area contributed by atoms with E-state index in [1.165, 1.54) is 38.5 Å². The molecule has 23 heavy (non-hydrogen) atoms. The van der Waals surface area contributed by atoms with Gasteiger partial charge in [0.2, 0.25) is 0 Å². The first-order valence-electron chi connectivity index (χ1n) is 9.97. The molecule has 2 saturated carbocycles. The van der Waals surface area contributed by atoms with Crippen LogP contribution < -0.4 is 0 Å². The summed E-state index contributed by atoms with van der Waals surface area (Å²) in [6.07, 6.45) is 12.2. The second-order valence-corrected chi connectivity index (χ2v) is 8.74. The van der Waals surface area contributed by atoms with Gasteiger partial charge in [-0.05, 0) is 74.5 Å². The van der Waals surface area contributed by atoms with E-state index in [0.717, 1.165) is 50.0 Å². The Morgan fingerprint density at radius 2 is 2.00 bits per heavy atom. The Morgan fingerprint density at radius 1 is 1.13 bits per heavy atom. The van der Waals surface area contributed by atoms with Crippen molar-refractivity contribution in [1.82, 2.24) is 0 Å². The topological polar surface area (TPSA) is 26.3 Å². The maximum atomic E-state index is 11.8. The first-order chi connectivity index (χ1) is 11.1. The molecule has 0 aliphatic heterocycles. The van der Waals surface area contributed by atoms with E-state index in [2.05, 4.69) is 13.8 Å². The van der Waals surface area contributed by atoms with Gasteiger partial charge in [0.05, 0.1) is 6.10 Å². The van der Waals surface area contributed by atoms with Crippen molar-refractivity contribution in [3.63, 3.8) is 0 Å². The van der Waals surface area contributed by atoms with Crippen molar-refractivity contribution >= 4 is 5.78 Å². The van der Waals surface area contributed by atoms with Crippen molar-refractivity contribution < 1.29 is 9.53 Å². The Morgan fingerprint density at radius 3 is 2.83 bits per heavy atom. The maximum absolute atomic E-state index is 11.8. The van der Waals surface area contributed by atoms with Crippen molar-refractivity contribution in [3.8, 4) is 0 Å². The molecule has 0 radical (unpaired) electrons. The summed E-state index contributed by atoms with van der Waals surface area (Å²) in [5, 5.41) is 0. The molecule has 0 saturated heterocycles. The molecular formula is C21H32O2. The number of carbonyl (C=O) groups excluding carboxylic acids is 1. The van der Waals surface area contributed by atoms with Crippen LogP contribution in [0, 0.1) is 23.2 Å². The van der Waals surface area contributed by atoms with E-state index in [-0.39, 0.29) is 0 Å². The number of ketones is 1. The number of fused-ring (bicyclic) bond motifs is 4. The molecule has 2 heteroatoms. The van der Waals surface area contributed by atoms with Crippen LogP contribution in [0.25, 0.3) is 0 Å². The van der Waals surface area contributed by atoms with E-state index in [1.807, 2.05) is 0 Å². The molecule has 0 N–H and O–H groups in total. The number of rotatable bonds is 3. The molecule has 5 atom stereocenters. The Labute approximate surface area is 141 Å². The molecule has 0 heterocycles. The van der Waals surface area contributed by atoms with Crippen LogP contribution in [0.1, 0.15) is 78.1 Å². The Bertz CT molecular complexity index is 520. The smallest absolute Gasteiger partial charge is 0.137 e. The standard InChI is InChI=1S/C21H32O2/c1-3-12-23-20-9-8-19-18-6-4-14-13-15(22)5-7-16(14)17(18)10-11-21(19,20)2/h17-20H,3-13H2,1-2H3/t17-,18+,19+,20+,21+/m1/s1. The average Bonchev–Trinajstić information content (AvgIpc) is 2.89. The molecule has 2 nitrogen and oxygen atoms in total. The monoisotopic (exact) mass is 316 g/mol. The highest BCUT2D eigenvalue weighted by Crippen LogP contribution is 2.61. The van der Waals surface area contributed by atoms with Crippen molar-refractivity contribution in [1.29, 1.82) is 0 Å². The van der Waals surface area contributed by atoms with Crippen LogP contribution in [-0.4, -0.2) is 18.5 Å². The zero-order valence-corrected chi connectivity index (χ0v) is 14.9. The van der Waals surface area contributed by atoms with Crippen molar-refractivity contribution in [2.24, 2.45) is 23.2 Å². The Hall–Kier alpha value is -0.630. The lowest BCUT2D eigenvalue weighted by atomic mass is 9.54. The van der Waals surface area contributed by atoms with Crippen molar-refractivity contribution in [2.45, 2.75) is 84.2 Å². The Balaban J connectivity index is 1.55. The van der Waals surface area contributed by atoms with Crippen LogP contribution in [0.5, 0.6) is 0 Å². The number of hydrogen-bond donors (Lipinski definition) is 0. The molecule has 0 unspecified atom stereocenters. The summed E-state index contributed by atoms with van der Waals surface area (Å²) in [4.78, 5) is 11.8. The summed E-state index contributed by atoms with van der Waals surface area (Å²) in [6, 6.07) is 0. The van der Waals surface area contributed by atoms with Gasteiger partial charge in [-0.3, -0.25) is 4.79 Å². The number of hydrogen-bond acceptors (Lipinski definition) is 2. The minimum Gasteiger partial charge on any atom is -0.378 e. The van der Waals surface area contributed by atoms with Crippen LogP contribution >= 0.6 is 0 Å². The summed E-state index contributed by atoms with van der Waals surface area (Å²) in [6.45, 7) is 5.67. The lowest BCUT2D eigenvalue weighted by Crippen LogP contribution is -2.46. The molecule has 4 aliphatic rings. The molecular weight excluding hydrogens is 284 g/mol. The van der Waals surface area contributed by atoms with E-state index in [9.17, 15) is 4.79 Å². The third-order valence-electron chi connectivity index (χ3n) is 7.64. The third-order valence-corrected chi connectivity index (χ3v) is 7.64. The zero-order valence-electron chi connectivity index (χ0n) is 14.9. The molecule has 0 aromatic rings. The highest BCUT2D eigenvalue weighted by atomic mass is 16.5. The largest absolute Gasteiger partial charge is 0.378 e. The normalized spacial score (nSPS) is 43.1. The lowest BCUT2D eigenvalue weighted by Gasteiger charge is -2.51. The van der Waals surface area contributed by atoms with Gasteiger partial charge in [0.1, 0.15) is 5.78 Å². The van der Waals surface area contributed by atoms with Crippen LogP contribution in [0.3, 0.4) is 0 Å². The van der Waals surface area contributed by atoms with Crippen molar-refractivity contribution in [3.05, 3.63) is 11.1 Å². The molecule has 128 valence electrons. The molecule has 0 aromatic heterocycles. The first-order valence-corrected chi connectivity index (χ1v) is 9.97. The molecule has 4 aliphatic carbocycles. The Kier molecular flexibility index (Phi) is 4.16. The summed E-state index contributed by atoms with van der Waals surface area (Å²) in [5.74, 6) is 3.01. The van der Waals surface area contributed by atoms with Gasteiger partial charge in [-0.1, -0.05) is 25.0 Å². The minimum atomic E-state index is 0.416. The van der Waals surface area contributed by atoms with Crippen LogP contribution in [0.4, 0.5) is 0 Å². The fraction of sp³-hybridized carbons (Fsp3) is 0.857. The van der Waals surface area contributed by atoms with Crippen LogP contribution in [-0.2, 0) is 9.53 Å². The van der Waals surface area contributed by atoms with Crippen LogP contribution in [0.15, 0.2) is 11.1 Å². The minimum absolute atomic E-state index is 0.416. The molecule has 0 amide bonds. The fourth-order valence-electron chi connectivity index (χ4n) is 6.54. The van der Waals surface area contributed by atoms with Gasteiger partial charge in [-0.2, -0.15) is 0 Å². The summed E-state index contributed by atoms with van der Waals surface area (Å²) < 4.78 is 6.27. The number of ether oxygens (including phenoxy) is 1.